The highest BCUT2D eigenvalue weighted by Crippen LogP contribution is 2.71. The summed E-state index contributed by atoms with van der Waals surface area (Å²) in [6.07, 6.45) is 10.1. The Morgan fingerprint density at radius 3 is 1.40 bits per heavy atom. The molecule has 4 N–H and O–H groups in total. The molecule has 2 saturated heterocycles. The second kappa shape index (κ2) is 17.1. The van der Waals surface area contributed by atoms with Gasteiger partial charge >= 0.3 is 12.2 Å². The number of benzene rings is 2. The molecule has 2 heterocycles. The first-order valence-electron chi connectivity index (χ1n) is 25.2. The van der Waals surface area contributed by atoms with E-state index in [9.17, 15) is 28.8 Å². The number of hydrogen-bond donors (Lipinski definition) is 4. The maximum Gasteiger partial charge on any atom is 0.407 e. The molecule has 67 heavy (non-hydrogen) atoms. The van der Waals surface area contributed by atoms with Gasteiger partial charge in [0, 0.05) is 23.5 Å². The lowest BCUT2D eigenvalue weighted by Crippen LogP contribution is -2.61. The van der Waals surface area contributed by atoms with Crippen LogP contribution in [0.15, 0.2) is 48.5 Å². The van der Waals surface area contributed by atoms with Crippen molar-refractivity contribution in [3.05, 3.63) is 59.7 Å². The van der Waals surface area contributed by atoms with E-state index in [1.807, 2.05) is 39.8 Å². The fourth-order valence-electron chi connectivity index (χ4n) is 14.9. The molecule has 14 nitrogen and oxygen atoms in total. The second-order valence-corrected chi connectivity index (χ2v) is 22.7. The van der Waals surface area contributed by atoms with Gasteiger partial charge in [0.25, 0.3) is 0 Å². The Bertz CT molecular complexity index is 2280. The smallest absolute Gasteiger partial charge is 0.407 e. The lowest BCUT2D eigenvalue weighted by molar-refractivity contribution is -0.144. The van der Waals surface area contributed by atoms with Gasteiger partial charge in [-0.1, -0.05) is 58.9 Å². The number of carbonyl (C=O) groups excluding carboxylic acids is 6. The third-order valence-corrected chi connectivity index (χ3v) is 18.4. The van der Waals surface area contributed by atoms with Gasteiger partial charge < -0.3 is 40.5 Å². The number of anilines is 2. The number of carbonyl (C=O) groups is 6. The summed E-state index contributed by atoms with van der Waals surface area (Å²) in [6.45, 7) is 9.88. The molecule has 360 valence electrons. The Labute approximate surface area is 394 Å². The van der Waals surface area contributed by atoms with E-state index in [2.05, 4.69) is 64.6 Å². The average molecular weight is 919 g/mol. The van der Waals surface area contributed by atoms with Crippen molar-refractivity contribution >= 4 is 47.2 Å². The van der Waals surface area contributed by atoms with E-state index in [4.69, 9.17) is 9.47 Å². The lowest BCUT2D eigenvalue weighted by Gasteiger charge is -2.68. The Morgan fingerprint density at radius 1 is 0.567 bits per heavy atom. The summed E-state index contributed by atoms with van der Waals surface area (Å²) in [5, 5.41) is 11.7. The van der Waals surface area contributed by atoms with Crippen molar-refractivity contribution in [1.29, 1.82) is 0 Å². The van der Waals surface area contributed by atoms with Crippen LogP contribution in [-0.2, 0) is 39.5 Å². The number of fused-ring (bicyclic) bond motifs is 2. The molecular formula is C53H70N6O8. The maximum atomic E-state index is 13.8. The normalized spacial score (nSPS) is 35.6. The third kappa shape index (κ3) is 7.95. The standard InChI is InChI=1S/C53H70N6O8/c1-8-52(33-9-13-35(14-10-33)54-46(60)42-20-29-18-40(29)58(42)48(62)44(27(2)3)56-50(64)66-6)24-37-31-17-32-23-53(22-31,26-39(37)38(32)25-52)34-11-15-36(16-12-34)55-47(61)43-21-30-19-41(30)59(43)49(63)45(28(4)5)57-51(65)67-7/h9-16,27-32,37-45H,8,17-26H2,1-7H3,(H,54,60)(H,55,61)(H,56,64)(H,57,65)/t29-,30-,31?,32?,37?,38?,39?,40-,41-,42+,43+,44+,45+,52?,53?/m1/s1. The highest BCUT2D eigenvalue weighted by molar-refractivity contribution is 6.00. The molecule has 2 aromatic carbocycles. The molecule has 2 aromatic rings. The Hall–Kier alpha value is -5.14. The van der Waals surface area contributed by atoms with Crippen molar-refractivity contribution in [1.82, 2.24) is 20.4 Å². The highest BCUT2D eigenvalue weighted by atomic mass is 16.5. The molecular weight excluding hydrogens is 849 g/mol. The Morgan fingerprint density at radius 2 is 1.00 bits per heavy atom. The summed E-state index contributed by atoms with van der Waals surface area (Å²) in [6, 6.07) is 14.5. The summed E-state index contributed by atoms with van der Waals surface area (Å²) < 4.78 is 9.59. The summed E-state index contributed by atoms with van der Waals surface area (Å²) >= 11 is 0. The van der Waals surface area contributed by atoms with E-state index >= 15 is 0 Å². The van der Waals surface area contributed by atoms with Crippen LogP contribution in [-0.4, -0.2) is 96.1 Å². The third-order valence-electron chi connectivity index (χ3n) is 18.4. The van der Waals surface area contributed by atoms with Gasteiger partial charge in [0.1, 0.15) is 24.2 Å². The molecule has 6 amide bonds. The average Bonchev–Trinajstić information content (AvgIpc) is 4.20. The van der Waals surface area contributed by atoms with Crippen LogP contribution in [0.3, 0.4) is 0 Å². The number of amides is 6. The van der Waals surface area contributed by atoms with Crippen LogP contribution in [0.5, 0.6) is 0 Å². The van der Waals surface area contributed by atoms with Gasteiger partial charge in [0.05, 0.1) is 14.2 Å². The van der Waals surface area contributed by atoms with Gasteiger partial charge in [0.15, 0.2) is 0 Å². The minimum atomic E-state index is -0.768. The molecule has 9 aliphatic rings. The van der Waals surface area contributed by atoms with Gasteiger partial charge in [-0.3, -0.25) is 19.2 Å². The summed E-state index contributed by atoms with van der Waals surface area (Å²) in [5.74, 6) is 2.92. The molecule has 0 aromatic heterocycles. The molecule has 6 bridgehead atoms. The number of rotatable bonds is 13. The van der Waals surface area contributed by atoms with Crippen molar-refractivity contribution in [3.8, 4) is 0 Å². The summed E-state index contributed by atoms with van der Waals surface area (Å²) in [4.78, 5) is 82.9. The maximum absolute atomic E-state index is 13.8. The predicted molar refractivity (Wildman–Crippen MR) is 252 cm³/mol. The van der Waals surface area contributed by atoms with Crippen molar-refractivity contribution in [2.75, 3.05) is 24.9 Å². The van der Waals surface area contributed by atoms with E-state index in [1.165, 1.54) is 63.9 Å². The van der Waals surface area contributed by atoms with Crippen LogP contribution in [0.1, 0.15) is 116 Å². The van der Waals surface area contributed by atoms with E-state index in [-0.39, 0.29) is 58.4 Å². The minimum Gasteiger partial charge on any atom is -0.453 e. The molecule has 12 atom stereocenters. The predicted octanol–water partition coefficient (Wildman–Crippen LogP) is 7.37. The van der Waals surface area contributed by atoms with Crippen molar-refractivity contribution in [3.63, 3.8) is 0 Å². The van der Waals surface area contributed by atoms with E-state index in [1.54, 1.807) is 9.80 Å². The van der Waals surface area contributed by atoms with Crippen LogP contribution in [0.2, 0.25) is 0 Å². The first-order chi connectivity index (χ1) is 32.1. The first kappa shape index (κ1) is 45.6. The largest absolute Gasteiger partial charge is 0.453 e. The quantitative estimate of drug-likeness (QED) is 0.161. The molecule has 4 unspecified atom stereocenters. The molecule has 0 radical (unpaired) electrons. The van der Waals surface area contributed by atoms with Crippen LogP contribution in [0, 0.1) is 53.3 Å². The van der Waals surface area contributed by atoms with Crippen LogP contribution >= 0.6 is 0 Å². The van der Waals surface area contributed by atoms with Crippen molar-refractivity contribution < 1.29 is 38.2 Å². The second-order valence-electron chi connectivity index (χ2n) is 22.7. The first-order valence-corrected chi connectivity index (χ1v) is 25.2. The number of piperidine rings is 2. The van der Waals surface area contributed by atoms with Crippen LogP contribution in [0.4, 0.5) is 21.0 Å². The number of nitrogens with one attached hydrogen (secondary N) is 4. The van der Waals surface area contributed by atoms with E-state index in [0.29, 0.717) is 54.3 Å². The summed E-state index contributed by atoms with van der Waals surface area (Å²) in [5.41, 5.74) is 4.46. The van der Waals surface area contributed by atoms with Gasteiger partial charge in [-0.15, -0.1) is 0 Å². The number of hydrogen-bond acceptors (Lipinski definition) is 8. The number of ether oxygens (including phenoxy) is 2. The molecule has 7 aliphatic carbocycles. The van der Waals surface area contributed by atoms with Crippen molar-refractivity contribution in [2.45, 2.75) is 152 Å². The van der Waals surface area contributed by atoms with Gasteiger partial charge in [0.2, 0.25) is 23.6 Å². The Balaban J connectivity index is 0.778. The Kier molecular flexibility index (Phi) is 11.7. The van der Waals surface area contributed by atoms with E-state index < -0.39 is 36.4 Å². The zero-order valence-electron chi connectivity index (χ0n) is 40.2. The topological polar surface area (TPSA) is 175 Å². The van der Waals surface area contributed by atoms with Gasteiger partial charge in [-0.25, -0.2) is 9.59 Å². The molecule has 7 saturated carbocycles. The van der Waals surface area contributed by atoms with E-state index in [0.717, 1.165) is 30.6 Å². The van der Waals surface area contributed by atoms with Crippen molar-refractivity contribution in [2.24, 2.45) is 53.3 Å². The SMILES string of the molecule is CCC1(c2ccc(NC(=O)[C@@H]3C[C@H]4C[C@H]4N3C(=O)[C@@H](NC(=O)OC)C(C)C)cc2)CC2C3CC4CC(c5ccc(NC(=O)[C@@H]6C[C@H]7C[C@H]7N6C(=O)[C@@H](NC(=O)OC)C(C)C)cc5)(C3)CC2C4C1. The number of alkyl carbamates (subject to hydrolysis) is 2. The molecule has 9 fully saturated rings. The molecule has 14 heteroatoms. The zero-order valence-corrected chi connectivity index (χ0v) is 40.2. The monoisotopic (exact) mass is 919 g/mol. The number of nitrogens with zero attached hydrogens (tertiary/aromatic N) is 2. The molecule has 0 spiro atoms. The van der Waals surface area contributed by atoms with Gasteiger partial charge in [-0.05, 0) is 170 Å². The van der Waals surface area contributed by atoms with Crippen LogP contribution < -0.4 is 21.3 Å². The minimum absolute atomic E-state index is 0.0329. The lowest BCUT2D eigenvalue weighted by atomic mass is 9.36. The number of likely N-dealkylation sites (tertiary alicyclic amines) is 2. The molecule has 2 aliphatic heterocycles. The number of methoxy groups -OCH3 is 2. The highest BCUT2D eigenvalue weighted by Gasteiger charge is 2.64. The fraction of sp³-hybridized carbons (Fsp3) is 0.660. The van der Waals surface area contributed by atoms with Crippen LogP contribution in [0.25, 0.3) is 0 Å². The fourth-order valence-corrected chi connectivity index (χ4v) is 14.9. The summed E-state index contributed by atoms with van der Waals surface area (Å²) in [7, 11) is 2.56. The van der Waals surface area contributed by atoms with Gasteiger partial charge in [-0.2, -0.15) is 0 Å². The zero-order chi connectivity index (χ0) is 47.3. The molecule has 11 rings (SSSR count).